The fraction of sp³-hybridized carbons (Fsp3) is 0.250. The van der Waals surface area contributed by atoms with Crippen molar-refractivity contribution in [1.29, 1.82) is 0 Å². The zero-order chi connectivity index (χ0) is 14.8. The summed E-state index contributed by atoms with van der Waals surface area (Å²) < 4.78 is 5.90. The Morgan fingerprint density at radius 2 is 1.82 bits per heavy atom. The molecule has 4 rings (SSSR count). The van der Waals surface area contributed by atoms with E-state index in [9.17, 15) is 0 Å². The quantitative estimate of drug-likeness (QED) is 0.697. The van der Waals surface area contributed by atoms with Gasteiger partial charge in [-0.2, -0.15) is 0 Å². The molecule has 0 unspecified atom stereocenters. The molecule has 22 heavy (non-hydrogen) atoms. The molecule has 0 radical (unpaired) electrons. The molecule has 0 saturated heterocycles. The summed E-state index contributed by atoms with van der Waals surface area (Å²) in [6, 6.07) is 16.6. The van der Waals surface area contributed by atoms with E-state index in [0.717, 1.165) is 11.3 Å². The molecule has 1 aliphatic carbocycles. The van der Waals surface area contributed by atoms with Crippen LogP contribution in [0.1, 0.15) is 29.5 Å². The van der Waals surface area contributed by atoms with E-state index in [4.69, 9.17) is 4.74 Å². The van der Waals surface area contributed by atoms with Gasteiger partial charge >= 0.3 is 0 Å². The van der Waals surface area contributed by atoms with Crippen LogP contribution in [0.3, 0.4) is 0 Å². The van der Waals surface area contributed by atoms with Gasteiger partial charge in [0.1, 0.15) is 12.4 Å². The monoisotopic (exact) mass is 289 g/mol. The predicted octanol–water partition coefficient (Wildman–Crippen LogP) is 4.69. The van der Waals surface area contributed by atoms with Crippen LogP contribution in [0.25, 0.3) is 10.9 Å². The Morgan fingerprint density at radius 1 is 0.955 bits per heavy atom. The Bertz CT molecular complexity index is 795. The zero-order valence-corrected chi connectivity index (χ0v) is 12.6. The van der Waals surface area contributed by atoms with Gasteiger partial charge in [0.2, 0.25) is 0 Å². The van der Waals surface area contributed by atoms with Crippen LogP contribution in [0.2, 0.25) is 0 Å². The fourth-order valence-electron chi connectivity index (χ4n) is 3.23. The average Bonchev–Trinajstić information content (AvgIpc) is 2.60. The summed E-state index contributed by atoms with van der Waals surface area (Å²) in [6.45, 7) is 0.595. The normalized spacial score (nSPS) is 13.8. The molecule has 0 spiro atoms. The number of ether oxygens (including phenoxy) is 1. The second-order valence-electron chi connectivity index (χ2n) is 5.92. The van der Waals surface area contributed by atoms with Crippen molar-refractivity contribution < 1.29 is 4.74 Å². The van der Waals surface area contributed by atoms with Crippen molar-refractivity contribution in [2.75, 3.05) is 0 Å². The Balaban J connectivity index is 1.61. The SMILES string of the molecule is c1ccc(COc2ccc3c4c(cnc3c2)CCCC4)cc1. The van der Waals surface area contributed by atoms with Crippen molar-refractivity contribution in [2.45, 2.75) is 32.3 Å². The molecule has 1 aliphatic rings. The van der Waals surface area contributed by atoms with Crippen LogP contribution in [0.5, 0.6) is 5.75 Å². The average molecular weight is 289 g/mol. The van der Waals surface area contributed by atoms with Crippen LogP contribution in [-0.2, 0) is 19.4 Å². The highest BCUT2D eigenvalue weighted by molar-refractivity contribution is 5.84. The van der Waals surface area contributed by atoms with E-state index < -0.39 is 0 Å². The van der Waals surface area contributed by atoms with Gasteiger partial charge < -0.3 is 4.74 Å². The molecule has 2 aromatic carbocycles. The molecule has 110 valence electrons. The van der Waals surface area contributed by atoms with Crippen molar-refractivity contribution in [1.82, 2.24) is 4.98 Å². The van der Waals surface area contributed by atoms with Gasteiger partial charge in [0.05, 0.1) is 5.52 Å². The number of hydrogen-bond acceptors (Lipinski definition) is 2. The van der Waals surface area contributed by atoms with Gasteiger partial charge in [-0.25, -0.2) is 0 Å². The number of benzene rings is 2. The topological polar surface area (TPSA) is 22.1 Å². The summed E-state index contributed by atoms with van der Waals surface area (Å²) in [4.78, 5) is 4.63. The third-order valence-electron chi connectivity index (χ3n) is 4.41. The lowest BCUT2D eigenvalue weighted by Crippen LogP contribution is -2.04. The van der Waals surface area contributed by atoms with Crippen molar-refractivity contribution in [2.24, 2.45) is 0 Å². The number of aromatic nitrogens is 1. The highest BCUT2D eigenvalue weighted by Crippen LogP contribution is 2.29. The van der Waals surface area contributed by atoms with E-state index in [0.29, 0.717) is 6.61 Å². The van der Waals surface area contributed by atoms with Gasteiger partial charge in [0.25, 0.3) is 0 Å². The molecule has 0 fully saturated rings. The van der Waals surface area contributed by atoms with E-state index in [1.165, 1.54) is 47.8 Å². The van der Waals surface area contributed by atoms with Crippen LogP contribution >= 0.6 is 0 Å². The molecule has 3 aromatic rings. The molecule has 2 heteroatoms. The second kappa shape index (κ2) is 5.80. The first-order valence-electron chi connectivity index (χ1n) is 7.97. The van der Waals surface area contributed by atoms with E-state index in [1.54, 1.807) is 0 Å². The number of hydrogen-bond donors (Lipinski definition) is 0. The lowest BCUT2D eigenvalue weighted by molar-refractivity contribution is 0.306. The van der Waals surface area contributed by atoms with E-state index in [-0.39, 0.29) is 0 Å². The first-order valence-corrected chi connectivity index (χ1v) is 7.97. The maximum absolute atomic E-state index is 5.90. The van der Waals surface area contributed by atoms with Crippen LogP contribution in [0, 0.1) is 0 Å². The smallest absolute Gasteiger partial charge is 0.122 e. The number of pyridine rings is 1. The summed E-state index contributed by atoms with van der Waals surface area (Å²) in [5, 5.41) is 1.30. The predicted molar refractivity (Wildman–Crippen MR) is 89.2 cm³/mol. The van der Waals surface area contributed by atoms with Crippen LogP contribution < -0.4 is 4.74 Å². The Hall–Kier alpha value is -2.35. The van der Waals surface area contributed by atoms with Crippen molar-refractivity contribution >= 4 is 10.9 Å². The zero-order valence-electron chi connectivity index (χ0n) is 12.6. The van der Waals surface area contributed by atoms with Gasteiger partial charge in [-0.1, -0.05) is 30.3 Å². The molecule has 0 N–H and O–H groups in total. The summed E-state index contributed by atoms with van der Waals surface area (Å²) in [5.74, 6) is 0.889. The molecule has 0 amide bonds. The summed E-state index contributed by atoms with van der Waals surface area (Å²) in [7, 11) is 0. The fourth-order valence-corrected chi connectivity index (χ4v) is 3.23. The minimum absolute atomic E-state index is 0.595. The Morgan fingerprint density at radius 3 is 2.73 bits per heavy atom. The molecule has 0 aliphatic heterocycles. The van der Waals surface area contributed by atoms with Gasteiger partial charge in [-0.15, -0.1) is 0 Å². The lowest BCUT2D eigenvalue weighted by atomic mass is 9.90. The molecular formula is C20H19NO. The molecular weight excluding hydrogens is 270 g/mol. The highest BCUT2D eigenvalue weighted by Gasteiger charge is 2.13. The summed E-state index contributed by atoms with van der Waals surface area (Å²) >= 11 is 0. The van der Waals surface area contributed by atoms with Gasteiger partial charge in [-0.3, -0.25) is 4.98 Å². The Labute approximate surface area is 130 Å². The molecule has 0 atom stereocenters. The number of rotatable bonds is 3. The molecule has 1 heterocycles. The molecule has 2 nitrogen and oxygen atoms in total. The summed E-state index contributed by atoms with van der Waals surface area (Å²) in [5.41, 5.74) is 5.15. The third kappa shape index (κ3) is 2.57. The van der Waals surface area contributed by atoms with Gasteiger partial charge in [0.15, 0.2) is 0 Å². The van der Waals surface area contributed by atoms with E-state index in [1.807, 2.05) is 18.2 Å². The molecule has 0 saturated carbocycles. The standard InChI is InChI=1S/C20H19NO/c1-2-6-15(7-3-1)14-22-17-10-11-19-18-9-5-4-8-16(18)13-21-20(19)12-17/h1-3,6-7,10-13H,4-5,8-9,14H2. The number of aryl methyl sites for hydroxylation is 2. The lowest BCUT2D eigenvalue weighted by Gasteiger charge is -2.17. The van der Waals surface area contributed by atoms with E-state index in [2.05, 4.69) is 41.5 Å². The number of fused-ring (bicyclic) bond motifs is 3. The maximum atomic E-state index is 5.90. The highest BCUT2D eigenvalue weighted by atomic mass is 16.5. The minimum atomic E-state index is 0.595. The van der Waals surface area contributed by atoms with Gasteiger partial charge in [0, 0.05) is 17.6 Å². The maximum Gasteiger partial charge on any atom is 0.122 e. The van der Waals surface area contributed by atoms with Crippen molar-refractivity contribution in [3.05, 3.63) is 71.4 Å². The van der Waals surface area contributed by atoms with Crippen LogP contribution in [-0.4, -0.2) is 4.98 Å². The first-order chi connectivity index (χ1) is 10.9. The molecule has 1 aromatic heterocycles. The first kappa shape index (κ1) is 13.3. The Kier molecular flexibility index (Phi) is 3.51. The minimum Gasteiger partial charge on any atom is -0.489 e. The second-order valence-corrected chi connectivity index (χ2v) is 5.92. The van der Waals surface area contributed by atoms with Crippen LogP contribution in [0.4, 0.5) is 0 Å². The third-order valence-corrected chi connectivity index (χ3v) is 4.41. The van der Waals surface area contributed by atoms with Crippen LogP contribution in [0.15, 0.2) is 54.7 Å². The number of nitrogens with zero attached hydrogens (tertiary/aromatic N) is 1. The van der Waals surface area contributed by atoms with Crippen molar-refractivity contribution in [3.8, 4) is 5.75 Å². The summed E-state index contributed by atoms with van der Waals surface area (Å²) in [6.07, 6.45) is 6.98. The van der Waals surface area contributed by atoms with Gasteiger partial charge in [-0.05, 0) is 54.5 Å². The van der Waals surface area contributed by atoms with E-state index >= 15 is 0 Å². The molecule has 0 bridgehead atoms. The largest absolute Gasteiger partial charge is 0.489 e. The van der Waals surface area contributed by atoms with Crippen molar-refractivity contribution in [3.63, 3.8) is 0 Å².